The fraction of sp³-hybridized carbons (Fsp3) is 0.500. The highest BCUT2D eigenvalue weighted by Crippen LogP contribution is 2.06. The van der Waals surface area contributed by atoms with E-state index in [4.69, 9.17) is 4.42 Å². The molecule has 1 aromatic heterocycles. The van der Waals surface area contributed by atoms with E-state index in [1.165, 1.54) is 0 Å². The molecule has 5 heteroatoms. The molecule has 1 aromatic rings. The first-order valence-electron chi connectivity index (χ1n) is 3.73. The van der Waals surface area contributed by atoms with Gasteiger partial charge in [0.25, 0.3) is 0 Å². The van der Waals surface area contributed by atoms with Crippen LogP contribution in [-0.2, 0) is 13.1 Å². The van der Waals surface area contributed by atoms with Crippen molar-refractivity contribution >= 4 is 24.8 Å². The third-order valence-electron chi connectivity index (χ3n) is 1.42. The number of nitrogens with one attached hydrogen (secondary N) is 2. The van der Waals surface area contributed by atoms with Gasteiger partial charge in [-0.05, 0) is 26.2 Å². The van der Waals surface area contributed by atoms with Crippen LogP contribution in [0.3, 0.4) is 0 Å². The summed E-state index contributed by atoms with van der Waals surface area (Å²) in [6, 6.07) is 3.98. The first kappa shape index (κ1) is 15.3. The Morgan fingerprint density at radius 2 is 1.38 bits per heavy atom. The maximum absolute atomic E-state index is 5.44. The van der Waals surface area contributed by atoms with Crippen molar-refractivity contribution in [2.75, 3.05) is 14.1 Å². The van der Waals surface area contributed by atoms with Crippen molar-refractivity contribution < 1.29 is 4.42 Å². The summed E-state index contributed by atoms with van der Waals surface area (Å²) in [6.07, 6.45) is 0. The van der Waals surface area contributed by atoms with Crippen LogP contribution in [0.5, 0.6) is 0 Å². The second-order valence-corrected chi connectivity index (χ2v) is 2.43. The predicted molar refractivity (Wildman–Crippen MR) is 58.7 cm³/mol. The normalized spacial score (nSPS) is 8.77. The molecule has 0 bridgehead atoms. The molecule has 1 rings (SSSR count). The molecule has 0 aliphatic rings. The monoisotopic (exact) mass is 226 g/mol. The molecule has 0 aliphatic carbocycles. The van der Waals surface area contributed by atoms with Crippen LogP contribution in [0.15, 0.2) is 16.5 Å². The number of halogens is 2. The highest BCUT2D eigenvalue weighted by molar-refractivity contribution is 5.85. The van der Waals surface area contributed by atoms with Gasteiger partial charge in [-0.1, -0.05) is 0 Å². The Morgan fingerprint density at radius 1 is 1.00 bits per heavy atom. The van der Waals surface area contributed by atoms with Gasteiger partial charge in [0.15, 0.2) is 0 Å². The Labute approximate surface area is 91.1 Å². The van der Waals surface area contributed by atoms with E-state index in [1.54, 1.807) is 0 Å². The van der Waals surface area contributed by atoms with Gasteiger partial charge in [0.1, 0.15) is 11.5 Å². The Bertz CT molecular complexity index is 195. The summed E-state index contributed by atoms with van der Waals surface area (Å²) < 4.78 is 5.44. The fourth-order valence-electron chi connectivity index (χ4n) is 0.961. The minimum atomic E-state index is 0. The predicted octanol–water partition coefficient (Wildman–Crippen LogP) is 1.56. The zero-order chi connectivity index (χ0) is 8.10. The third-order valence-corrected chi connectivity index (χ3v) is 1.42. The molecule has 1 heterocycles. The van der Waals surface area contributed by atoms with Gasteiger partial charge < -0.3 is 15.1 Å². The SMILES string of the molecule is CNCc1ccc(CNC)o1.Cl.Cl. The molecule has 2 N–H and O–H groups in total. The Balaban J connectivity index is 0. The van der Waals surface area contributed by atoms with Crippen molar-refractivity contribution in [2.24, 2.45) is 0 Å². The molecule has 0 spiro atoms. The van der Waals surface area contributed by atoms with Gasteiger partial charge in [-0.2, -0.15) is 0 Å². The molecule has 13 heavy (non-hydrogen) atoms. The average molecular weight is 227 g/mol. The van der Waals surface area contributed by atoms with E-state index in [0.717, 1.165) is 24.6 Å². The third kappa shape index (κ3) is 5.16. The topological polar surface area (TPSA) is 37.2 Å². The quantitative estimate of drug-likeness (QED) is 0.819. The average Bonchev–Trinajstić information content (AvgIpc) is 2.38. The lowest BCUT2D eigenvalue weighted by atomic mass is 10.4. The van der Waals surface area contributed by atoms with Gasteiger partial charge in [-0.3, -0.25) is 0 Å². The van der Waals surface area contributed by atoms with E-state index < -0.39 is 0 Å². The molecular formula is C8H16Cl2N2O. The van der Waals surface area contributed by atoms with Crippen LogP contribution in [0, 0.1) is 0 Å². The van der Waals surface area contributed by atoms with Crippen LogP contribution in [0.25, 0.3) is 0 Å². The van der Waals surface area contributed by atoms with Crippen LogP contribution in [0.1, 0.15) is 11.5 Å². The fourth-order valence-corrected chi connectivity index (χ4v) is 0.961. The Kier molecular flexibility index (Phi) is 9.84. The van der Waals surface area contributed by atoms with E-state index in [-0.39, 0.29) is 24.8 Å². The molecule has 0 saturated carbocycles. The summed E-state index contributed by atoms with van der Waals surface area (Å²) >= 11 is 0. The molecule has 0 saturated heterocycles. The number of rotatable bonds is 4. The summed E-state index contributed by atoms with van der Waals surface area (Å²) in [5.74, 6) is 1.97. The number of hydrogen-bond donors (Lipinski definition) is 2. The van der Waals surface area contributed by atoms with E-state index in [0.29, 0.717) is 0 Å². The number of hydrogen-bond acceptors (Lipinski definition) is 3. The maximum Gasteiger partial charge on any atom is 0.118 e. The standard InChI is InChI=1S/C8H14N2O.2ClH/c1-9-5-7-3-4-8(11-7)6-10-2;;/h3-4,9-10H,5-6H2,1-2H3;2*1H. The maximum atomic E-state index is 5.44. The van der Waals surface area contributed by atoms with Crippen LogP contribution in [0.4, 0.5) is 0 Å². The first-order chi connectivity index (χ1) is 5.36. The van der Waals surface area contributed by atoms with Gasteiger partial charge in [-0.15, -0.1) is 24.8 Å². The van der Waals surface area contributed by atoms with Gasteiger partial charge >= 0.3 is 0 Å². The molecule has 78 valence electrons. The number of furan rings is 1. The minimum Gasteiger partial charge on any atom is -0.463 e. The van der Waals surface area contributed by atoms with Crippen molar-refractivity contribution in [2.45, 2.75) is 13.1 Å². The molecule has 0 radical (unpaired) electrons. The van der Waals surface area contributed by atoms with Gasteiger partial charge in [0.05, 0.1) is 13.1 Å². The van der Waals surface area contributed by atoms with Crippen molar-refractivity contribution in [1.82, 2.24) is 10.6 Å². The second kappa shape index (κ2) is 8.38. The molecule has 3 nitrogen and oxygen atoms in total. The zero-order valence-electron chi connectivity index (χ0n) is 7.79. The molecular weight excluding hydrogens is 211 g/mol. The molecule has 0 atom stereocenters. The van der Waals surface area contributed by atoms with Gasteiger partial charge in [0.2, 0.25) is 0 Å². The summed E-state index contributed by atoms with van der Waals surface area (Å²) in [7, 11) is 3.81. The summed E-state index contributed by atoms with van der Waals surface area (Å²) in [4.78, 5) is 0. The first-order valence-corrected chi connectivity index (χ1v) is 3.73. The van der Waals surface area contributed by atoms with Crippen LogP contribution >= 0.6 is 24.8 Å². The second-order valence-electron chi connectivity index (χ2n) is 2.43. The lowest BCUT2D eigenvalue weighted by Crippen LogP contribution is -2.05. The van der Waals surface area contributed by atoms with Crippen LogP contribution in [0.2, 0.25) is 0 Å². The van der Waals surface area contributed by atoms with Crippen LogP contribution in [-0.4, -0.2) is 14.1 Å². The molecule has 0 aliphatic heterocycles. The van der Waals surface area contributed by atoms with E-state index in [2.05, 4.69) is 10.6 Å². The summed E-state index contributed by atoms with van der Waals surface area (Å²) in [5.41, 5.74) is 0. The largest absolute Gasteiger partial charge is 0.463 e. The van der Waals surface area contributed by atoms with Crippen LogP contribution < -0.4 is 10.6 Å². The minimum absolute atomic E-state index is 0. The van der Waals surface area contributed by atoms with E-state index >= 15 is 0 Å². The van der Waals surface area contributed by atoms with Crippen molar-refractivity contribution in [1.29, 1.82) is 0 Å². The van der Waals surface area contributed by atoms with Crippen molar-refractivity contribution in [3.63, 3.8) is 0 Å². The van der Waals surface area contributed by atoms with E-state index in [1.807, 2.05) is 26.2 Å². The van der Waals surface area contributed by atoms with Gasteiger partial charge in [-0.25, -0.2) is 0 Å². The molecule has 0 fully saturated rings. The Morgan fingerprint density at radius 3 is 1.69 bits per heavy atom. The van der Waals surface area contributed by atoms with Crippen molar-refractivity contribution in [3.05, 3.63) is 23.7 Å². The van der Waals surface area contributed by atoms with Gasteiger partial charge in [0, 0.05) is 0 Å². The highest BCUT2D eigenvalue weighted by Gasteiger charge is 1.98. The lowest BCUT2D eigenvalue weighted by Gasteiger charge is -1.94. The molecule has 0 unspecified atom stereocenters. The molecule has 0 aromatic carbocycles. The summed E-state index contributed by atoms with van der Waals surface area (Å²) in [6.45, 7) is 1.59. The van der Waals surface area contributed by atoms with E-state index in [9.17, 15) is 0 Å². The highest BCUT2D eigenvalue weighted by atomic mass is 35.5. The zero-order valence-corrected chi connectivity index (χ0v) is 9.43. The lowest BCUT2D eigenvalue weighted by molar-refractivity contribution is 0.446. The summed E-state index contributed by atoms with van der Waals surface area (Å²) in [5, 5.41) is 6.05. The Hall–Kier alpha value is -0.220. The van der Waals surface area contributed by atoms with Crippen molar-refractivity contribution in [3.8, 4) is 0 Å². The molecule has 0 amide bonds. The smallest absolute Gasteiger partial charge is 0.118 e.